The Hall–Kier alpha value is -0.610. The number of nitrogens with one attached hydrogen (secondary N) is 1. The molecule has 18 heavy (non-hydrogen) atoms. The van der Waals surface area contributed by atoms with E-state index in [0.717, 1.165) is 26.1 Å². The number of piperidine rings is 1. The van der Waals surface area contributed by atoms with Crippen LogP contribution in [0.5, 0.6) is 0 Å². The van der Waals surface area contributed by atoms with E-state index in [1.165, 1.54) is 12.8 Å². The average molecular weight is 254 g/mol. The van der Waals surface area contributed by atoms with Gasteiger partial charge in [0, 0.05) is 20.1 Å². The van der Waals surface area contributed by atoms with Gasteiger partial charge in [-0.1, -0.05) is 6.92 Å². The molecule has 2 aliphatic rings. The number of rotatable bonds is 4. The van der Waals surface area contributed by atoms with Crippen molar-refractivity contribution in [2.24, 2.45) is 11.8 Å². The predicted octanol–water partition coefficient (Wildman–Crippen LogP) is 1.26. The highest BCUT2D eigenvalue weighted by atomic mass is 16.5. The summed E-state index contributed by atoms with van der Waals surface area (Å²) in [5, 5.41) is 3.38. The van der Waals surface area contributed by atoms with E-state index in [2.05, 4.69) is 12.2 Å². The fourth-order valence-corrected chi connectivity index (χ4v) is 3.03. The summed E-state index contributed by atoms with van der Waals surface area (Å²) in [6.45, 7) is 5.95. The summed E-state index contributed by atoms with van der Waals surface area (Å²) in [7, 11) is 1.93. The van der Waals surface area contributed by atoms with Gasteiger partial charge in [0.2, 0.25) is 5.91 Å². The van der Waals surface area contributed by atoms with Crippen molar-refractivity contribution in [2.45, 2.75) is 38.6 Å². The standard InChI is InChI=1S/C14H26N2O2/c1-11(12-3-6-15-7-4-12)9-14(17)16(2)13-5-8-18-10-13/h11-13,15H,3-10H2,1-2H3. The molecule has 0 aromatic rings. The molecule has 4 nitrogen and oxygen atoms in total. The van der Waals surface area contributed by atoms with Crippen LogP contribution in [0.15, 0.2) is 0 Å². The van der Waals surface area contributed by atoms with Crippen LogP contribution < -0.4 is 5.32 Å². The molecule has 2 atom stereocenters. The van der Waals surface area contributed by atoms with Gasteiger partial charge in [0.15, 0.2) is 0 Å². The zero-order chi connectivity index (χ0) is 13.0. The van der Waals surface area contributed by atoms with Crippen LogP contribution in [-0.2, 0) is 9.53 Å². The number of hydrogen-bond donors (Lipinski definition) is 1. The third-order valence-electron chi connectivity index (χ3n) is 4.53. The van der Waals surface area contributed by atoms with E-state index in [0.29, 0.717) is 30.9 Å². The normalized spacial score (nSPS) is 27.1. The maximum Gasteiger partial charge on any atom is 0.222 e. The van der Waals surface area contributed by atoms with Gasteiger partial charge < -0.3 is 15.0 Å². The Morgan fingerprint density at radius 3 is 2.72 bits per heavy atom. The van der Waals surface area contributed by atoms with Crippen LogP contribution in [0.2, 0.25) is 0 Å². The molecule has 4 heteroatoms. The zero-order valence-electron chi connectivity index (χ0n) is 11.7. The van der Waals surface area contributed by atoms with Crippen molar-refractivity contribution in [2.75, 3.05) is 33.4 Å². The van der Waals surface area contributed by atoms with Crippen LogP contribution in [0.1, 0.15) is 32.6 Å². The topological polar surface area (TPSA) is 41.6 Å². The molecule has 2 fully saturated rings. The highest BCUT2D eigenvalue weighted by molar-refractivity contribution is 5.76. The second kappa shape index (κ2) is 6.53. The molecule has 0 spiro atoms. The number of ether oxygens (including phenoxy) is 1. The quantitative estimate of drug-likeness (QED) is 0.821. The van der Waals surface area contributed by atoms with Gasteiger partial charge in [0.05, 0.1) is 12.6 Å². The SMILES string of the molecule is CC(CC(=O)N(C)C1CCOC1)C1CCNCC1. The fourth-order valence-electron chi connectivity index (χ4n) is 3.03. The molecule has 1 N–H and O–H groups in total. The molecule has 0 radical (unpaired) electrons. The number of likely N-dealkylation sites (N-methyl/N-ethyl adjacent to an activating group) is 1. The van der Waals surface area contributed by atoms with Crippen LogP contribution >= 0.6 is 0 Å². The van der Waals surface area contributed by atoms with Crippen LogP contribution in [0, 0.1) is 11.8 Å². The number of hydrogen-bond acceptors (Lipinski definition) is 3. The molecule has 2 saturated heterocycles. The maximum absolute atomic E-state index is 12.2. The van der Waals surface area contributed by atoms with Crippen molar-refractivity contribution >= 4 is 5.91 Å². The van der Waals surface area contributed by atoms with E-state index in [9.17, 15) is 4.79 Å². The molecule has 2 unspecified atom stereocenters. The van der Waals surface area contributed by atoms with Crippen molar-refractivity contribution < 1.29 is 9.53 Å². The van der Waals surface area contributed by atoms with Gasteiger partial charge in [-0.2, -0.15) is 0 Å². The lowest BCUT2D eigenvalue weighted by atomic mass is 9.84. The Balaban J connectivity index is 1.78. The molecule has 104 valence electrons. The maximum atomic E-state index is 12.2. The largest absolute Gasteiger partial charge is 0.379 e. The average Bonchev–Trinajstić information content (AvgIpc) is 2.92. The first kappa shape index (κ1) is 13.8. The monoisotopic (exact) mass is 254 g/mol. The Morgan fingerprint density at radius 2 is 2.11 bits per heavy atom. The van der Waals surface area contributed by atoms with E-state index >= 15 is 0 Å². The summed E-state index contributed by atoms with van der Waals surface area (Å²) in [6.07, 6.45) is 4.11. The summed E-state index contributed by atoms with van der Waals surface area (Å²) in [6, 6.07) is 0.303. The van der Waals surface area contributed by atoms with Gasteiger partial charge in [-0.15, -0.1) is 0 Å². The first-order valence-electron chi connectivity index (χ1n) is 7.22. The van der Waals surface area contributed by atoms with Crippen LogP contribution in [-0.4, -0.2) is 50.2 Å². The van der Waals surface area contributed by atoms with Gasteiger partial charge in [-0.3, -0.25) is 4.79 Å². The number of carbonyl (C=O) groups is 1. The second-order valence-electron chi connectivity index (χ2n) is 5.79. The number of carbonyl (C=O) groups excluding carboxylic acids is 1. The van der Waals surface area contributed by atoms with Crippen molar-refractivity contribution in [3.05, 3.63) is 0 Å². The van der Waals surface area contributed by atoms with Gasteiger partial charge in [0.25, 0.3) is 0 Å². The van der Waals surface area contributed by atoms with E-state index in [-0.39, 0.29) is 5.91 Å². The lowest BCUT2D eigenvalue weighted by Gasteiger charge is -2.30. The molecular formula is C14H26N2O2. The van der Waals surface area contributed by atoms with E-state index < -0.39 is 0 Å². The van der Waals surface area contributed by atoms with Crippen LogP contribution in [0.25, 0.3) is 0 Å². The Morgan fingerprint density at radius 1 is 1.39 bits per heavy atom. The Kier molecular flexibility index (Phi) is 5.01. The zero-order valence-corrected chi connectivity index (χ0v) is 11.7. The van der Waals surface area contributed by atoms with Gasteiger partial charge in [0.1, 0.15) is 0 Å². The molecule has 2 heterocycles. The minimum Gasteiger partial charge on any atom is -0.379 e. The van der Waals surface area contributed by atoms with Gasteiger partial charge in [-0.05, 0) is 44.2 Å². The van der Waals surface area contributed by atoms with Crippen LogP contribution in [0.4, 0.5) is 0 Å². The smallest absolute Gasteiger partial charge is 0.222 e. The predicted molar refractivity (Wildman–Crippen MR) is 71.4 cm³/mol. The summed E-state index contributed by atoms with van der Waals surface area (Å²) in [4.78, 5) is 14.1. The highest BCUT2D eigenvalue weighted by Crippen LogP contribution is 2.25. The molecule has 0 saturated carbocycles. The second-order valence-corrected chi connectivity index (χ2v) is 5.79. The molecule has 0 aliphatic carbocycles. The third-order valence-corrected chi connectivity index (χ3v) is 4.53. The van der Waals surface area contributed by atoms with Gasteiger partial charge in [-0.25, -0.2) is 0 Å². The van der Waals surface area contributed by atoms with Crippen molar-refractivity contribution in [1.29, 1.82) is 0 Å². The van der Waals surface area contributed by atoms with E-state index in [1.54, 1.807) is 0 Å². The number of amides is 1. The minimum absolute atomic E-state index is 0.288. The summed E-state index contributed by atoms with van der Waals surface area (Å²) < 4.78 is 5.35. The van der Waals surface area contributed by atoms with Crippen LogP contribution in [0.3, 0.4) is 0 Å². The minimum atomic E-state index is 0.288. The van der Waals surface area contributed by atoms with E-state index in [1.807, 2.05) is 11.9 Å². The molecule has 0 aromatic carbocycles. The first-order valence-corrected chi connectivity index (χ1v) is 7.22. The first-order chi connectivity index (χ1) is 8.68. The van der Waals surface area contributed by atoms with Crippen molar-refractivity contribution in [1.82, 2.24) is 10.2 Å². The van der Waals surface area contributed by atoms with Crippen molar-refractivity contribution in [3.8, 4) is 0 Å². The van der Waals surface area contributed by atoms with E-state index in [4.69, 9.17) is 4.74 Å². The molecular weight excluding hydrogens is 228 g/mol. The third kappa shape index (κ3) is 3.45. The fraction of sp³-hybridized carbons (Fsp3) is 0.929. The highest BCUT2D eigenvalue weighted by Gasteiger charge is 2.27. The summed E-state index contributed by atoms with van der Waals surface area (Å²) in [5.74, 6) is 1.50. The lowest BCUT2D eigenvalue weighted by Crippen LogP contribution is -2.39. The lowest BCUT2D eigenvalue weighted by molar-refractivity contribution is -0.133. The summed E-state index contributed by atoms with van der Waals surface area (Å²) in [5.41, 5.74) is 0. The van der Waals surface area contributed by atoms with Crippen molar-refractivity contribution in [3.63, 3.8) is 0 Å². The molecule has 1 amide bonds. The summed E-state index contributed by atoms with van der Waals surface area (Å²) >= 11 is 0. The number of nitrogens with zero attached hydrogens (tertiary/aromatic N) is 1. The Labute approximate surface area is 110 Å². The molecule has 0 aromatic heterocycles. The molecule has 2 rings (SSSR count). The Bertz CT molecular complexity index is 271. The molecule has 0 bridgehead atoms. The van der Waals surface area contributed by atoms with Gasteiger partial charge >= 0.3 is 0 Å². The molecule has 2 aliphatic heterocycles.